The number of carbonyl (C=O) groups is 2. The molecule has 0 saturated carbocycles. The first-order valence-electron chi connectivity index (χ1n) is 8.02. The van der Waals surface area contributed by atoms with E-state index in [1.807, 2.05) is 24.3 Å². The molecule has 0 radical (unpaired) electrons. The summed E-state index contributed by atoms with van der Waals surface area (Å²) in [7, 11) is 0. The molecule has 0 spiro atoms. The number of ketones is 1. The minimum atomic E-state index is -0.984. The highest BCUT2D eigenvalue weighted by atomic mass is 16.4. The van der Waals surface area contributed by atoms with Crippen LogP contribution in [0.3, 0.4) is 0 Å². The van der Waals surface area contributed by atoms with Gasteiger partial charge in [-0.2, -0.15) is 0 Å². The van der Waals surface area contributed by atoms with Gasteiger partial charge >= 0.3 is 5.97 Å². The van der Waals surface area contributed by atoms with Gasteiger partial charge in [0.15, 0.2) is 0 Å². The van der Waals surface area contributed by atoms with Crippen molar-refractivity contribution >= 4 is 11.8 Å². The average Bonchev–Trinajstić information content (AvgIpc) is 2.59. The van der Waals surface area contributed by atoms with Crippen LogP contribution in [-0.2, 0) is 22.4 Å². The van der Waals surface area contributed by atoms with Crippen LogP contribution in [-0.4, -0.2) is 26.9 Å². The van der Waals surface area contributed by atoms with Crippen molar-refractivity contribution in [2.24, 2.45) is 0 Å². The van der Waals surface area contributed by atoms with Crippen LogP contribution >= 0.6 is 0 Å². The Labute approximate surface area is 141 Å². The number of aromatic nitrogens is 1. The maximum atomic E-state index is 11.7. The molecule has 5 nitrogen and oxygen atoms in total. The molecule has 2 N–H and O–H groups in total. The fourth-order valence-electron chi connectivity index (χ4n) is 2.54. The molecular formula is C19H21NO4. The number of hydrogen-bond donors (Lipinski definition) is 2. The molecule has 0 atom stereocenters. The first-order valence-corrected chi connectivity index (χ1v) is 8.02. The van der Waals surface area contributed by atoms with E-state index >= 15 is 0 Å². The normalized spacial score (nSPS) is 10.5. The van der Waals surface area contributed by atoms with E-state index in [0.717, 1.165) is 17.7 Å². The average molecular weight is 327 g/mol. The van der Waals surface area contributed by atoms with E-state index in [1.165, 1.54) is 5.56 Å². The van der Waals surface area contributed by atoms with Gasteiger partial charge in [0.2, 0.25) is 0 Å². The minimum Gasteiger partial charge on any atom is -0.506 e. The molecule has 0 unspecified atom stereocenters. The van der Waals surface area contributed by atoms with Gasteiger partial charge < -0.3 is 10.2 Å². The number of nitrogens with zero attached hydrogens (tertiary/aromatic N) is 1. The Balaban J connectivity index is 2.14. The third-order valence-electron chi connectivity index (χ3n) is 3.88. The zero-order valence-corrected chi connectivity index (χ0v) is 13.7. The lowest BCUT2D eigenvalue weighted by Crippen LogP contribution is -2.05. The number of aryl methyl sites for hydroxylation is 2. The van der Waals surface area contributed by atoms with Gasteiger partial charge in [-0.25, -0.2) is 4.98 Å². The summed E-state index contributed by atoms with van der Waals surface area (Å²) < 4.78 is 0. The van der Waals surface area contributed by atoms with Gasteiger partial charge in [-0.3, -0.25) is 9.59 Å². The topological polar surface area (TPSA) is 87.5 Å². The number of pyridine rings is 1. The first-order chi connectivity index (χ1) is 11.5. The van der Waals surface area contributed by atoms with Crippen LogP contribution in [0.5, 0.6) is 5.75 Å². The number of aliphatic carboxylic acids is 1. The quantitative estimate of drug-likeness (QED) is 0.776. The van der Waals surface area contributed by atoms with E-state index in [1.54, 1.807) is 12.1 Å². The number of Topliss-reactive ketones (excluding diaryl/α,β-unsaturated/α-hetero) is 1. The third kappa shape index (κ3) is 4.65. The number of benzene rings is 1. The summed E-state index contributed by atoms with van der Waals surface area (Å²) in [5.74, 6) is -1.07. The highest BCUT2D eigenvalue weighted by molar-refractivity contribution is 5.82. The SMILES string of the molecule is CCc1ccccc1-c1ccc(O)c(CCC(=O)CCC(=O)O)n1. The fraction of sp³-hybridized carbons (Fsp3) is 0.316. The van der Waals surface area contributed by atoms with Crippen LogP contribution in [0.15, 0.2) is 36.4 Å². The van der Waals surface area contributed by atoms with E-state index in [9.17, 15) is 14.7 Å². The Morgan fingerprint density at radius 3 is 2.50 bits per heavy atom. The van der Waals surface area contributed by atoms with E-state index in [4.69, 9.17) is 5.11 Å². The van der Waals surface area contributed by atoms with Crippen LogP contribution in [0.4, 0.5) is 0 Å². The summed E-state index contributed by atoms with van der Waals surface area (Å²) in [6.45, 7) is 2.07. The number of aromatic hydroxyl groups is 1. The summed E-state index contributed by atoms with van der Waals surface area (Å²) in [6.07, 6.45) is 1.19. The van der Waals surface area contributed by atoms with Gasteiger partial charge in [0, 0.05) is 24.8 Å². The Kier molecular flexibility index (Phi) is 6.07. The molecule has 0 fully saturated rings. The molecule has 1 aromatic heterocycles. The molecule has 1 heterocycles. The number of hydrogen-bond acceptors (Lipinski definition) is 4. The molecule has 2 rings (SSSR count). The lowest BCUT2D eigenvalue weighted by atomic mass is 10.0. The highest BCUT2D eigenvalue weighted by Gasteiger charge is 2.12. The largest absolute Gasteiger partial charge is 0.506 e. The summed E-state index contributed by atoms with van der Waals surface area (Å²) in [5.41, 5.74) is 3.40. The van der Waals surface area contributed by atoms with Crippen molar-refractivity contribution in [1.82, 2.24) is 4.98 Å². The highest BCUT2D eigenvalue weighted by Crippen LogP contribution is 2.26. The fourth-order valence-corrected chi connectivity index (χ4v) is 2.54. The van der Waals surface area contributed by atoms with Crippen molar-refractivity contribution in [3.63, 3.8) is 0 Å². The zero-order valence-electron chi connectivity index (χ0n) is 13.7. The van der Waals surface area contributed by atoms with Crippen LogP contribution in [0, 0.1) is 0 Å². The van der Waals surface area contributed by atoms with Gasteiger partial charge in [-0.05, 0) is 24.1 Å². The predicted octanol–water partition coefficient (Wildman–Crippen LogP) is 3.38. The van der Waals surface area contributed by atoms with E-state index in [0.29, 0.717) is 12.1 Å². The van der Waals surface area contributed by atoms with Crippen molar-refractivity contribution in [3.8, 4) is 17.0 Å². The lowest BCUT2D eigenvalue weighted by molar-refractivity contribution is -0.138. The molecule has 0 aliphatic carbocycles. The summed E-state index contributed by atoms with van der Waals surface area (Å²) in [5, 5.41) is 18.6. The molecule has 1 aromatic carbocycles. The van der Waals surface area contributed by atoms with Crippen molar-refractivity contribution in [3.05, 3.63) is 47.7 Å². The van der Waals surface area contributed by atoms with Crippen molar-refractivity contribution in [2.45, 2.75) is 39.0 Å². The molecule has 0 amide bonds. The van der Waals surface area contributed by atoms with Crippen molar-refractivity contribution in [1.29, 1.82) is 0 Å². The molecule has 24 heavy (non-hydrogen) atoms. The van der Waals surface area contributed by atoms with Gasteiger partial charge in [0.1, 0.15) is 11.5 Å². The molecular weight excluding hydrogens is 306 g/mol. The second kappa shape index (κ2) is 8.24. The third-order valence-corrected chi connectivity index (χ3v) is 3.88. The smallest absolute Gasteiger partial charge is 0.303 e. The summed E-state index contributed by atoms with van der Waals surface area (Å²) in [4.78, 5) is 26.7. The van der Waals surface area contributed by atoms with Crippen LogP contribution in [0.2, 0.25) is 0 Å². The lowest BCUT2D eigenvalue weighted by Gasteiger charge is -2.10. The Morgan fingerprint density at radius 1 is 1.04 bits per heavy atom. The van der Waals surface area contributed by atoms with E-state index in [-0.39, 0.29) is 30.8 Å². The summed E-state index contributed by atoms with van der Waals surface area (Å²) >= 11 is 0. The molecule has 0 aliphatic rings. The monoisotopic (exact) mass is 327 g/mol. The van der Waals surface area contributed by atoms with Gasteiger partial charge in [-0.1, -0.05) is 31.2 Å². The van der Waals surface area contributed by atoms with Crippen molar-refractivity contribution in [2.75, 3.05) is 0 Å². The Morgan fingerprint density at radius 2 is 1.79 bits per heavy atom. The predicted molar refractivity (Wildman–Crippen MR) is 90.9 cm³/mol. The first kappa shape index (κ1) is 17.7. The standard InChI is InChI=1S/C19H21NO4/c1-2-13-5-3-4-6-15(13)16-10-11-18(22)17(20-16)9-7-14(21)8-12-19(23)24/h3-6,10-11,22H,2,7-9,12H2,1H3,(H,23,24). The molecule has 2 aromatic rings. The van der Waals surface area contributed by atoms with Crippen LogP contribution < -0.4 is 0 Å². The Bertz CT molecular complexity index is 740. The molecule has 0 bridgehead atoms. The van der Waals surface area contributed by atoms with Gasteiger partial charge in [-0.15, -0.1) is 0 Å². The molecule has 0 aliphatic heterocycles. The van der Waals surface area contributed by atoms with Crippen LogP contribution in [0.1, 0.15) is 37.4 Å². The van der Waals surface area contributed by atoms with Crippen molar-refractivity contribution < 1.29 is 19.8 Å². The second-order valence-corrected chi connectivity index (χ2v) is 5.61. The second-order valence-electron chi connectivity index (χ2n) is 5.61. The molecule has 0 saturated heterocycles. The minimum absolute atomic E-state index is 0.00839. The zero-order chi connectivity index (χ0) is 17.5. The number of carbonyl (C=O) groups excluding carboxylic acids is 1. The number of carboxylic acids is 1. The van der Waals surface area contributed by atoms with Gasteiger partial charge in [0.05, 0.1) is 17.8 Å². The van der Waals surface area contributed by atoms with Gasteiger partial charge in [0.25, 0.3) is 0 Å². The maximum Gasteiger partial charge on any atom is 0.303 e. The summed E-state index contributed by atoms with van der Waals surface area (Å²) in [6, 6.07) is 11.3. The number of rotatable bonds is 8. The van der Waals surface area contributed by atoms with E-state index in [2.05, 4.69) is 11.9 Å². The Hall–Kier alpha value is -2.69. The van der Waals surface area contributed by atoms with Crippen LogP contribution in [0.25, 0.3) is 11.3 Å². The molecule has 5 heteroatoms. The molecule has 126 valence electrons. The number of carboxylic acid groups (broad SMARTS) is 1. The maximum absolute atomic E-state index is 11.7. The van der Waals surface area contributed by atoms with E-state index < -0.39 is 5.97 Å².